The van der Waals surface area contributed by atoms with Gasteiger partial charge in [-0.2, -0.15) is 0 Å². The molecule has 6 amide bonds. The normalized spacial score (nSPS) is 22.8. The Bertz CT molecular complexity index is 1950. The van der Waals surface area contributed by atoms with Gasteiger partial charge in [-0.1, -0.05) is 92.7 Å². The Morgan fingerprint density at radius 2 is 1.42 bits per heavy atom. The van der Waals surface area contributed by atoms with E-state index in [2.05, 4.69) is 26.3 Å². The fourth-order valence-electron chi connectivity index (χ4n) is 6.33. The first-order valence-corrected chi connectivity index (χ1v) is 17.8. The molecule has 5 atom stereocenters. The number of para-hydroxylation sites is 1. The molecule has 4 aromatic rings. The smallest absolute Gasteiger partial charge is 0.256 e. The van der Waals surface area contributed by atoms with Gasteiger partial charge in [-0.05, 0) is 37.0 Å². The van der Waals surface area contributed by atoms with Crippen LogP contribution < -0.4 is 21.3 Å². The van der Waals surface area contributed by atoms with Crippen LogP contribution >= 0.6 is 0 Å². The molecule has 2 heterocycles. The van der Waals surface area contributed by atoms with Crippen LogP contribution in [0.1, 0.15) is 55.2 Å². The minimum Gasteiger partial charge on any atom is -0.360 e. The molecule has 278 valence electrons. The lowest BCUT2D eigenvalue weighted by molar-refractivity contribution is -0.142. The van der Waals surface area contributed by atoms with Crippen LogP contribution in [0.15, 0.2) is 91.1 Å². The topological polar surface area (TPSA) is 173 Å². The molecule has 0 bridgehead atoms. The quantitative estimate of drug-likeness (QED) is 0.212. The first kappa shape index (κ1) is 38.3. The average molecular weight is 722 g/mol. The van der Waals surface area contributed by atoms with Gasteiger partial charge >= 0.3 is 0 Å². The lowest BCUT2D eigenvalue weighted by atomic mass is 10.0. The fraction of sp³-hybridized carbons (Fsp3) is 0.350. The van der Waals surface area contributed by atoms with Gasteiger partial charge < -0.3 is 36.1 Å². The molecular formula is C40H47N7O6. The average Bonchev–Trinajstić information content (AvgIpc) is 3.59. The highest BCUT2D eigenvalue weighted by molar-refractivity contribution is 6.07. The first-order valence-electron chi connectivity index (χ1n) is 17.8. The summed E-state index contributed by atoms with van der Waals surface area (Å²) in [6.45, 7) is 5.99. The van der Waals surface area contributed by atoms with Crippen molar-refractivity contribution in [2.75, 3.05) is 20.1 Å². The standard InChI is InChI=1S/C40H47N7O6/c1-24(2)35-38(51)42-25(3)36(49)44-33(28-16-10-7-11-17-28)22-47(39(52)30-21-41-31-19-13-12-18-29(30)31)23-34(48)43-32(20-27-14-8-6-9-15-27)40(53)46(5)26(4)37(50)45-35/h6-19,21,24-26,32-33,35,41H,20,22-23H2,1-5H3,(H,42,51)(H,43,48)(H,44,49)(H,45,50)/t25-,26-,32-,33-,35+/m0/s1. The molecule has 1 saturated heterocycles. The highest BCUT2D eigenvalue weighted by Crippen LogP contribution is 2.22. The van der Waals surface area contributed by atoms with Gasteiger partial charge in [0.05, 0.1) is 18.2 Å². The number of likely N-dealkylation sites (N-methyl/N-ethyl adjacent to an activating group) is 1. The van der Waals surface area contributed by atoms with Gasteiger partial charge in [-0.25, -0.2) is 0 Å². The molecule has 1 aliphatic rings. The minimum absolute atomic E-state index is 0.109. The molecular weight excluding hydrogens is 674 g/mol. The molecule has 1 aliphatic heterocycles. The van der Waals surface area contributed by atoms with Crippen molar-refractivity contribution in [2.24, 2.45) is 5.92 Å². The summed E-state index contributed by atoms with van der Waals surface area (Å²) >= 11 is 0. The maximum absolute atomic E-state index is 14.4. The molecule has 0 unspecified atom stereocenters. The molecule has 3 aromatic carbocycles. The van der Waals surface area contributed by atoms with Crippen LogP contribution in [-0.4, -0.2) is 94.5 Å². The first-order chi connectivity index (χ1) is 25.3. The van der Waals surface area contributed by atoms with E-state index in [1.54, 1.807) is 50.4 Å². The second kappa shape index (κ2) is 17.0. The van der Waals surface area contributed by atoms with Crippen LogP contribution in [0.4, 0.5) is 0 Å². The van der Waals surface area contributed by atoms with Gasteiger partial charge in [0.25, 0.3) is 5.91 Å². The number of carbonyl (C=O) groups excluding carboxylic acids is 6. The number of benzene rings is 3. The molecule has 0 spiro atoms. The Kier molecular flexibility index (Phi) is 12.3. The summed E-state index contributed by atoms with van der Waals surface area (Å²) < 4.78 is 0. The van der Waals surface area contributed by atoms with E-state index in [0.717, 1.165) is 11.1 Å². The molecule has 13 heteroatoms. The summed E-state index contributed by atoms with van der Waals surface area (Å²) in [5.74, 6) is -3.67. The van der Waals surface area contributed by atoms with E-state index in [-0.39, 0.29) is 18.9 Å². The number of carbonyl (C=O) groups is 6. The molecule has 1 fully saturated rings. The van der Waals surface area contributed by atoms with Crippen molar-refractivity contribution >= 4 is 46.3 Å². The summed E-state index contributed by atoms with van der Waals surface area (Å²) in [6, 6.07) is 20.4. The zero-order chi connectivity index (χ0) is 38.2. The fourth-order valence-corrected chi connectivity index (χ4v) is 6.33. The molecule has 5 rings (SSSR count). The van der Waals surface area contributed by atoms with Crippen molar-refractivity contribution < 1.29 is 28.8 Å². The van der Waals surface area contributed by atoms with E-state index < -0.39 is 72.2 Å². The molecule has 13 nitrogen and oxygen atoms in total. The Hall–Kier alpha value is -5.98. The largest absolute Gasteiger partial charge is 0.360 e. The maximum atomic E-state index is 14.4. The number of rotatable bonds is 5. The van der Waals surface area contributed by atoms with Crippen LogP contribution in [0.3, 0.4) is 0 Å². The predicted octanol–water partition coefficient (Wildman–Crippen LogP) is 2.70. The lowest BCUT2D eigenvalue weighted by Gasteiger charge is -2.33. The van der Waals surface area contributed by atoms with Crippen LogP contribution in [-0.2, 0) is 30.4 Å². The third-order valence-electron chi connectivity index (χ3n) is 9.59. The molecule has 0 saturated carbocycles. The number of amides is 6. The lowest BCUT2D eigenvalue weighted by Crippen LogP contribution is -2.59. The summed E-state index contributed by atoms with van der Waals surface area (Å²) in [5, 5.41) is 11.9. The Morgan fingerprint density at radius 1 is 0.774 bits per heavy atom. The molecule has 0 aliphatic carbocycles. The van der Waals surface area contributed by atoms with E-state index in [4.69, 9.17) is 0 Å². The molecule has 53 heavy (non-hydrogen) atoms. The van der Waals surface area contributed by atoms with Crippen molar-refractivity contribution in [3.05, 3.63) is 108 Å². The van der Waals surface area contributed by atoms with Gasteiger partial charge in [-0.3, -0.25) is 28.8 Å². The van der Waals surface area contributed by atoms with Crippen LogP contribution in [0.5, 0.6) is 0 Å². The molecule has 5 N–H and O–H groups in total. The predicted molar refractivity (Wildman–Crippen MR) is 200 cm³/mol. The van der Waals surface area contributed by atoms with Gasteiger partial charge in [0, 0.05) is 37.1 Å². The Balaban J connectivity index is 1.57. The molecule has 0 radical (unpaired) electrons. The second-order valence-corrected chi connectivity index (χ2v) is 13.8. The summed E-state index contributed by atoms with van der Waals surface area (Å²) in [4.78, 5) is 89.0. The monoisotopic (exact) mass is 721 g/mol. The summed E-state index contributed by atoms with van der Waals surface area (Å²) in [5.41, 5.74) is 2.48. The Morgan fingerprint density at radius 3 is 2.09 bits per heavy atom. The number of aromatic amines is 1. The van der Waals surface area contributed by atoms with Crippen LogP contribution in [0, 0.1) is 5.92 Å². The Labute approximate surface area is 308 Å². The van der Waals surface area contributed by atoms with E-state index in [1.807, 2.05) is 54.6 Å². The number of hydrogen-bond donors (Lipinski definition) is 5. The van der Waals surface area contributed by atoms with Gasteiger partial charge in [0.1, 0.15) is 24.2 Å². The molecule has 1 aromatic heterocycles. The third kappa shape index (κ3) is 9.28. The van der Waals surface area contributed by atoms with Crippen molar-refractivity contribution in [1.29, 1.82) is 0 Å². The van der Waals surface area contributed by atoms with Crippen LogP contribution in [0.25, 0.3) is 10.9 Å². The minimum atomic E-state index is -1.11. The summed E-state index contributed by atoms with van der Waals surface area (Å²) in [7, 11) is 1.46. The SMILES string of the molecule is CC(C)[C@H]1NC(=O)[C@H](C)N(C)C(=O)[C@H](Cc2ccccc2)NC(=O)CN(C(=O)c2c[nH]c3ccccc23)C[C@@H](c2ccccc2)NC(=O)[C@H](C)NC1=O. The number of hydrogen-bond acceptors (Lipinski definition) is 6. The van der Waals surface area contributed by atoms with Crippen molar-refractivity contribution in [3.8, 4) is 0 Å². The van der Waals surface area contributed by atoms with Crippen molar-refractivity contribution in [1.82, 2.24) is 36.1 Å². The van der Waals surface area contributed by atoms with Crippen molar-refractivity contribution in [3.63, 3.8) is 0 Å². The number of fused-ring (bicyclic) bond motifs is 1. The van der Waals surface area contributed by atoms with E-state index >= 15 is 0 Å². The second-order valence-electron chi connectivity index (χ2n) is 13.8. The third-order valence-corrected chi connectivity index (χ3v) is 9.59. The van der Waals surface area contributed by atoms with Crippen molar-refractivity contribution in [2.45, 2.75) is 64.3 Å². The zero-order valence-corrected chi connectivity index (χ0v) is 30.6. The number of nitrogens with one attached hydrogen (secondary N) is 5. The zero-order valence-electron chi connectivity index (χ0n) is 30.6. The highest BCUT2D eigenvalue weighted by Gasteiger charge is 2.35. The number of aromatic nitrogens is 1. The van der Waals surface area contributed by atoms with E-state index in [1.165, 1.54) is 30.7 Å². The highest BCUT2D eigenvalue weighted by atomic mass is 16.2. The van der Waals surface area contributed by atoms with E-state index in [0.29, 0.717) is 16.5 Å². The maximum Gasteiger partial charge on any atom is 0.256 e. The van der Waals surface area contributed by atoms with Crippen LogP contribution in [0.2, 0.25) is 0 Å². The number of nitrogens with zero attached hydrogens (tertiary/aromatic N) is 2. The van der Waals surface area contributed by atoms with E-state index in [9.17, 15) is 28.8 Å². The van der Waals surface area contributed by atoms with Gasteiger partial charge in [0.2, 0.25) is 29.5 Å². The summed E-state index contributed by atoms with van der Waals surface area (Å²) in [6.07, 6.45) is 1.69. The van der Waals surface area contributed by atoms with Gasteiger partial charge in [-0.15, -0.1) is 0 Å². The van der Waals surface area contributed by atoms with Gasteiger partial charge in [0.15, 0.2) is 0 Å². The number of H-pyrrole nitrogens is 1.